The average molecular weight is 532 g/mol. The number of thiophene rings is 2. The summed E-state index contributed by atoms with van der Waals surface area (Å²) >= 11 is 2.08. The molecule has 8 nitrogen and oxygen atoms in total. The summed E-state index contributed by atoms with van der Waals surface area (Å²) < 4.78 is 22.7. The van der Waals surface area contributed by atoms with E-state index in [2.05, 4.69) is 9.97 Å². The highest BCUT2D eigenvalue weighted by Crippen LogP contribution is 2.37. The van der Waals surface area contributed by atoms with Gasteiger partial charge in [-0.2, -0.15) is 0 Å². The molecule has 0 fully saturated rings. The SMILES string of the molecule is O=P(O)(O)c1ccc(/C=C/c2ccnc(-c3cc(/C=C/c4ccc(P(=O)(O)O)s4)ccn3)c2)s1. The van der Waals surface area contributed by atoms with Gasteiger partial charge in [0.05, 0.1) is 11.4 Å². The van der Waals surface area contributed by atoms with Gasteiger partial charge in [0, 0.05) is 22.1 Å². The van der Waals surface area contributed by atoms with Crippen LogP contribution in [0.15, 0.2) is 60.9 Å². The lowest BCUT2D eigenvalue weighted by atomic mass is 10.1. The Labute approximate surface area is 203 Å². The summed E-state index contributed by atoms with van der Waals surface area (Å²) in [7, 11) is -8.50. The Bertz CT molecular complexity index is 1370. The highest BCUT2D eigenvalue weighted by molar-refractivity contribution is 7.67. The Balaban J connectivity index is 1.52. The topological polar surface area (TPSA) is 141 Å². The highest BCUT2D eigenvalue weighted by Gasteiger charge is 2.19. The zero-order valence-electron chi connectivity index (χ0n) is 17.3. The fraction of sp³-hybridized carbons (Fsp3) is 0. The largest absolute Gasteiger partial charge is 0.366 e. The van der Waals surface area contributed by atoms with Crippen molar-refractivity contribution >= 4 is 71.4 Å². The van der Waals surface area contributed by atoms with Crippen LogP contribution in [0.2, 0.25) is 0 Å². The molecule has 12 heteroatoms. The Kier molecular flexibility index (Phi) is 7.23. The normalized spacial score (nSPS) is 12.7. The molecule has 0 aliphatic carbocycles. The van der Waals surface area contributed by atoms with Crippen LogP contribution < -0.4 is 9.24 Å². The standard InChI is InChI=1S/C22H18N2O6P2S2/c25-31(26,27)21-7-5-17(33-21)3-1-15-9-11-23-19(13-15)20-14-16(10-12-24-20)2-4-18-6-8-22(34-18)32(28,29)30/h1-14H,(H2,25,26,27)(H2,28,29,30)/b3-1+,4-2+. The van der Waals surface area contributed by atoms with Gasteiger partial charge in [-0.15, -0.1) is 22.7 Å². The smallest absolute Gasteiger partial charge is 0.320 e. The van der Waals surface area contributed by atoms with Crippen LogP contribution in [-0.2, 0) is 9.13 Å². The van der Waals surface area contributed by atoms with Crippen molar-refractivity contribution in [3.63, 3.8) is 0 Å². The number of hydrogen-bond acceptors (Lipinski definition) is 6. The molecule has 4 rings (SSSR count). The second kappa shape index (κ2) is 10.00. The number of pyridine rings is 2. The van der Waals surface area contributed by atoms with E-state index < -0.39 is 15.2 Å². The molecule has 4 aromatic heterocycles. The van der Waals surface area contributed by atoms with Crippen molar-refractivity contribution in [2.24, 2.45) is 0 Å². The molecule has 4 aromatic rings. The maximum absolute atomic E-state index is 11.3. The van der Waals surface area contributed by atoms with E-state index >= 15 is 0 Å². The first-order valence-corrected chi connectivity index (χ1v) is 14.5. The first-order valence-electron chi connectivity index (χ1n) is 9.68. The van der Waals surface area contributed by atoms with Crippen molar-refractivity contribution < 1.29 is 28.7 Å². The van der Waals surface area contributed by atoms with E-state index in [0.717, 1.165) is 43.6 Å². The predicted octanol–water partition coefficient (Wildman–Crippen LogP) is 4.21. The van der Waals surface area contributed by atoms with Crippen LogP contribution in [0.3, 0.4) is 0 Å². The maximum atomic E-state index is 11.3. The molecule has 4 N–H and O–H groups in total. The summed E-state index contributed by atoms with van der Waals surface area (Å²) in [5, 5.41) is 0. The second-order valence-electron chi connectivity index (χ2n) is 7.06. The second-order valence-corrected chi connectivity index (χ2v) is 13.0. The van der Waals surface area contributed by atoms with E-state index in [1.807, 2.05) is 36.4 Å². The molecule has 0 aliphatic heterocycles. The first-order chi connectivity index (χ1) is 16.1. The van der Waals surface area contributed by atoms with Gasteiger partial charge in [0.15, 0.2) is 0 Å². The van der Waals surface area contributed by atoms with Gasteiger partial charge in [0.25, 0.3) is 0 Å². The molecule has 0 radical (unpaired) electrons. The van der Waals surface area contributed by atoms with Crippen LogP contribution in [0.1, 0.15) is 20.9 Å². The summed E-state index contributed by atoms with van der Waals surface area (Å²) in [6, 6.07) is 13.5. The van der Waals surface area contributed by atoms with Crippen molar-refractivity contribution in [1.82, 2.24) is 9.97 Å². The number of nitrogens with zero attached hydrogens (tertiary/aromatic N) is 2. The lowest BCUT2D eigenvalue weighted by molar-refractivity contribution is 0.386. The van der Waals surface area contributed by atoms with Crippen molar-refractivity contribution in [2.45, 2.75) is 0 Å². The summed E-state index contributed by atoms with van der Waals surface area (Å²) in [5.74, 6) is 0. The molecule has 0 aliphatic rings. The maximum Gasteiger partial charge on any atom is 0.366 e. The summed E-state index contributed by atoms with van der Waals surface area (Å²) in [6.07, 6.45) is 10.5. The minimum Gasteiger partial charge on any atom is -0.320 e. The van der Waals surface area contributed by atoms with Crippen LogP contribution >= 0.6 is 37.9 Å². The number of hydrogen-bond donors (Lipinski definition) is 4. The molecule has 34 heavy (non-hydrogen) atoms. The van der Waals surface area contributed by atoms with Gasteiger partial charge >= 0.3 is 15.2 Å². The zero-order valence-corrected chi connectivity index (χ0v) is 20.7. The third-order valence-electron chi connectivity index (χ3n) is 4.51. The van der Waals surface area contributed by atoms with Crippen molar-refractivity contribution in [1.29, 1.82) is 0 Å². The van der Waals surface area contributed by atoms with Crippen LogP contribution in [0.5, 0.6) is 0 Å². The lowest BCUT2D eigenvalue weighted by Gasteiger charge is -2.03. The molecule has 0 atom stereocenters. The van der Waals surface area contributed by atoms with Gasteiger partial charge in [0.1, 0.15) is 9.24 Å². The minimum atomic E-state index is -4.25. The molecule has 0 aromatic carbocycles. The van der Waals surface area contributed by atoms with Crippen molar-refractivity contribution in [2.75, 3.05) is 0 Å². The molecule has 0 unspecified atom stereocenters. The van der Waals surface area contributed by atoms with Crippen molar-refractivity contribution in [3.8, 4) is 11.4 Å². The van der Waals surface area contributed by atoms with E-state index in [0.29, 0.717) is 11.4 Å². The third kappa shape index (κ3) is 6.33. The van der Waals surface area contributed by atoms with E-state index in [-0.39, 0.29) is 9.24 Å². The molecule has 0 bridgehead atoms. The Morgan fingerprint density at radius 2 is 1.03 bits per heavy atom. The molecule has 0 saturated carbocycles. The number of rotatable bonds is 7. The van der Waals surface area contributed by atoms with Crippen molar-refractivity contribution in [3.05, 3.63) is 81.8 Å². The quantitative estimate of drug-likeness (QED) is 0.260. The molecule has 0 saturated heterocycles. The third-order valence-corrected chi connectivity index (χ3v) is 9.64. The summed E-state index contributed by atoms with van der Waals surface area (Å²) in [4.78, 5) is 47.2. The summed E-state index contributed by atoms with van der Waals surface area (Å²) in [5.41, 5.74) is 3.00. The molecule has 174 valence electrons. The van der Waals surface area contributed by atoms with Crippen LogP contribution in [0.4, 0.5) is 0 Å². The highest BCUT2D eigenvalue weighted by atomic mass is 32.1. The molecule has 4 heterocycles. The van der Waals surface area contributed by atoms with Gasteiger partial charge in [-0.25, -0.2) is 0 Å². The monoisotopic (exact) mass is 532 g/mol. The van der Waals surface area contributed by atoms with Gasteiger partial charge < -0.3 is 19.6 Å². The average Bonchev–Trinajstić information content (AvgIpc) is 3.46. The van der Waals surface area contributed by atoms with E-state index in [1.54, 1.807) is 36.7 Å². The number of aromatic nitrogens is 2. The fourth-order valence-corrected chi connectivity index (χ4v) is 6.34. The first kappa shape index (κ1) is 24.6. The summed E-state index contributed by atoms with van der Waals surface area (Å²) in [6.45, 7) is 0. The van der Waals surface area contributed by atoms with E-state index in [1.165, 1.54) is 12.1 Å². The van der Waals surface area contributed by atoms with Crippen LogP contribution in [-0.4, -0.2) is 29.5 Å². The van der Waals surface area contributed by atoms with Gasteiger partial charge in [0.2, 0.25) is 0 Å². The molecular formula is C22H18N2O6P2S2. The Hall–Kier alpha value is -2.52. The molecular weight excluding hydrogens is 514 g/mol. The van der Waals surface area contributed by atoms with Crippen LogP contribution in [0.25, 0.3) is 35.7 Å². The zero-order chi connectivity index (χ0) is 24.3. The fourth-order valence-electron chi connectivity index (χ4n) is 2.91. The minimum absolute atomic E-state index is 0.0251. The predicted molar refractivity (Wildman–Crippen MR) is 137 cm³/mol. The van der Waals surface area contributed by atoms with Gasteiger partial charge in [-0.3, -0.25) is 19.1 Å². The Morgan fingerprint density at radius 3 is 1.38 bits per heavy atom. The van der Waals surface area contributed by atoms with Gasteiger partial charge in [-0.05, 0) is 71.8 Å². The molecule has 0 spiro atoms. The van der Waals surface area contributed by atoms with E-state index in [9.17, 15) is 28.7 Å². The molecule has 0 amide bonds. The Morgan fingerprint density at radius 1 is 0.618 bits per heavy atom. The lowest BCUT2D eigenvalue weighted by Crippen LogP contribution is -1.94. The van der Waals surface area contributed by atoms with Gasteiger partial charge in [-0.1, -0.05) is 12.2 Å². The van der Waals surface area contributed by atoms with Crippen LogP contribution in [0, 0.1) is 0 Å². The van der Waals surface area contributed by atoms with E-state index in [4.69, 9.17) is 0 Å².